The lowest BCUT2D eigenvalue weighted by Crippen LogP contribution is -2.36. The van der Waals surface area contributed by atoms with Gasteiger partial charge in [-0.2, -0.15) is 0 Å². The number of methoxy groups -OCH3 is 2. The van der Waals surface area contributed by atoms with Crippen LogP contribution in [0.4, 0.5) is 0 Å². The number of nitrogens with one attached hydrogen (secondary N) is 1. The van der Waals surface area contributed by atoms with Crippen molar-refractivity contribution in [2.24, 2.45) is 0 Å². The Kier molecular flexibility index (Phi) is 10.0. The van der Waals surface area contributed by atoms with Crippen LogP contribution < -0.4 is 19.5 Å². The van der Waals surface area contributed by atoms with Crippen LogP contribution in [0.2, 0.25) is 0 Å². The molecule has 2 aliphatic rings. The Morgan fingerprint density at radius 2 is 1.64 bits per heavy atom. The predicted octanol–water partition coefficient (Wildman–Crippen LogP) is 6.22. The number of hydrogen-bond acceptors (Lipinski definition) is 8. The highest BCUT2D eigenvalue weighted by atomic mass is 16.6. The van der Waals surface area contributed by atoms with Gasteiger partial charge in [0, 0.05) is 35.6 Å². The van der Waals surface area contributed by atoms with Gasteiger partial charge in [-0.3, -0.25) is 4.79 Å². The van der Waals surface area contributed by atoms with E-state index in [2.05, 4.69) is 5.32 Å². The molecule has 0 bridgehead atoms. The number of carbonyl (C=O) groups excluding carboxylic acids is 2. The van der Waals surface area contributed by atoms with E-state index in [4.69, 9.17) is 23.7 Å². The molecule has 1 heterocycles. The van der Waals surface area contributed by atoms with Gasteiger partial charge in [-0.1, -0.05) is 54.6 Å². The van der Waals surface area contributed by atoms with Gasteiger partial charge >= 0.3 is 5.97 Å². The molecule has 5 rings (SSSR count). The summed E-state index contributed by atoms with van der Waals surface area (Å²) in [5.74, 6) is 0.601. The van der Waals surface area contributed by atoms with Crippen molar-refractivity contribution in [2.45, 2.75) is 45.1 Å². The summed E-state index contributed by atoms with van der Waals surface area (Å²) in [7, 11) is 3.20. The van der Waals surface area contributed by atoms with Crippen LogP contribution in [0.15, 0.2) is 95.3 Å². The van der Waals surface area contributed by atoms with Crippen molar-refractivity contribution in [3.05, 3.63) is 112 Å². The summed E-state index contributed by atoms with van der Waals surface area (Å²) >= 11 is 0. The van der Waals surface area contributed by atoms with Crippen LogP contribution in [0.3, 0.4) is 0 Å². The molecule has 0 fully saturated rings. The van der Waals surface area contributed by atoms with E-state index in [1.807, 2.05) is 86.6 Å². The molecule has 1 N–H and O–H groups in total. The predicted molar refractivity (Wildman–Crippen MR) is 167 cm³/mol. The van der Waals surface area contributed by atoms with Gasteiger partial charge in [0.25, 0.3) is 0 Å². The topological polar surface area (TPSA) is 92.3 Å². The van der Waals surface area contributed by atoms with Gasteiger partial charge in [-0.15, -0.1) is 0 Å². The maximum absolute atomic E-state index is 14.1. The van der Waals surface area contributed by atoms with E-state index in [0.717, 1.165) is 22.4 Å². The van der Waals surface area contributed by atoms with Crippen molar-refractivity contribution in [3.63, 3.8) is 0 Å². The molecule has 3 aromatic carbocycles. The van der Waals surface area contributed by atoms with Gasteiger partial charge < -0.3 is 29.0 Å². The normalized spacial score (nSPS) is 18.0. The monoisotopic (exact) mass is 597 g/mol. The van der Waals surface area contributed by atoms with Gasteiger partial charge in [0.1, 0.15) is 19.0 Å². The molecule has 8 heteroatoms. The first kappa shape index (κ1) is 30.9. The zero-order valence-electron chi connectivity index (χ0n) is 25.7. The quantitative estimate of drug-likeness (QED) is 0.194. The van der Waals surface area contributed by atoms with Crippen LogP contribution in [-0.4, -0.2) is 45.8 Å². The lowest BCUT2D eigenvalue weighted by molar-refractivity contribution is -0.140. The van der Waals surface area contributed by atoms with E-state index in [0.29, 0.717) is 60.3 Å². The second kappa shape index (κ2) is 14.3. The Morgan fingerprint density at radius 3 is 2.39 bits per heavy atom. The number of hydrogen-bond donors (Lipinski definition) is 1. The Labute approximate surface area is 258 Å². The molecule has 0 spiro atoms. The van der Waals surface area contributed by atoms with Crippen LogP contribution in [0.5, 0.6) is 17.2 Å². The van der Waals surface area contributed by atoms with Crippen LogP contribution in [-0.2, 0) is 25.7 Å². The zero-order valence-corrected chi connectivity index (χ0v) is 25.7. The smallest absolute Gasteiger partial charge is 0.336 e. The first-order valence-corrected chi connectivity index (χ1v) is 14.9. The summed E-state index contributed by atoms with van der Waals surface area (Å²) in [6, 6.07) is 23.3. The van der Waals surface area contributed by atoms with E-state index in [1.165, 1.54) is 0 Å². The number of carbonyl (C=O) groups is 2. The molecule has 2 atom stereocenters. The highest BCUT2D eigenvalue weighted by molar-refractivity contribution is 6.04. The number of Topliss-reactive ketones (excluding diaryl/α,β-unsaturated/α-hetero) is 1. The maximum atomic E-state index is 14.1. The van der Waals surface area contributed by atoms with Gasteiger partial charge in [-0.05, 0) is 55.5 Å². The molecule has 0 unspecified atom stereocenters. The van der Waals surface area contributed by atoms with E-state index in [1.54, 1.807) is 14.2 Å². The largest absolute Gasteiger partial charge is 0.493 e. The summed E-state index contributed by atoms with van der Waals surface area (Å²) < 4.78 is 28.3. The summed E-state index contributed by atoms with van der Waals surface area (Å²) in [5, 5.41) is 3.42. The van der Waals surface area contributed by atoms with E-state index >= 15 is 0 Å². The molecule has 3 aromatic rings. The Bertz CT molecular complexity index is 1560. The Morgan fingerprint density at radius 1 is 0.886 bits per heavy atom. The summed E-state index contributed by atoms with van der Waals surface area (Å²) in [4.78, 5) is 27.8. The average Bonchev–Trinajstić information content (AvgIpc) is 3.05. The van der Waals surface area contributed by atoms with E-state index < -0.39 is 11.9 Å². The fraction of sp³-hybridized carbons (Fsp3) is 0.333. The number of allylic oxidation sites excluding steroid dienone is 3. The number of benzene rings is 3. The molecule has 1 aliphatic heterocycles. The number of dihydropyridines is 1. The standard InChI is InChI=1S/C36H39NO7/c1-5-42-17-18-43-36(39)33-23(2)37-28-19-26(25-15-16-31(40-3)32(21-25)41-4)20-29(38)35(28)34(33)27-13-9-10-14-30(27)44-22-24-11-7-6-8-12-24/h6-16,21,26,34,37H,5,17-20,22H2,1-4H3/t26-,34-/m1/s1. The molecule has 0 saturated heterocycles. The second-order valence-electron chi connectivity index (χ2n) is 10.8. The summed E-state index contributed by atoms with van der Waals surface area (Å²) in [6.07, 6.45) is 0.870. The van der Waals surface area contributed by atoms with Crippen LogP contribution in [0.25, 0.3) is 0 Å². The van der Waals surface area contributed by atoms with Crippen LogP contribution in [0.1, 0.15) is 55.2 Å². The lowest BCUT2D eigenvalue weighted by Gasteiger charge is -2.37. The first-order chi connectivity index (χ1) is 21.4. The van der Waals surface area contributed by atoms with E-state index in [9.17, 15) is 9.59 Å². The van der Waals surface area contributed by atoms with Gasteiger partial charge in [-0.25, -0.2) is 4.79 Å². The number of para-hydroxylation sites is 1. The minimum Gasteiger partial charge on any atom is -0.493 e. The number of ether oxygens (including phenoxy) is 5. The minimum atomic E-state index is -0.656. The second-order valence-corrected chi connectivity index (χ2v) is 10.8. The molecule has 0 saturated carbocycles. The van der Waals surface area contributed by atoms with Crippen molar-refractivity contribution in [2.75, 3.05) is 34.0 Å². The van der Waals surface area contributed by atoms with Gasteiger partial charge in [0.2, 0.25) is 0 Å². The van der Waals surface area contributed by atoms with Crippen LogP contribution in [0, 0.1) is 0 Å². The summed E-state index contributed by atoms with van der Waals surface area (Å²) in [5.41, 5.74) is 5.15. The van der Waals surface area contributed by atoms with Gasteiger partial charge in [0.05, 0.1) is 32.3 Å². The molecule has 0 amide bonds. The summed E-state index contributed by atoms with van der Waals surface area (Å²) in [6.45, 7) is 5.03. The Hall–Kier alpha value is -4.56. The van der Waals surface area contributed by atoms with Crippen molar-refractivity contribution < 1.29 is 33.3 Å². The highest BCUT2D eigenvalue weighted by Crippen LogP contribution is 2.48. The fourth-order valence-corrected chi connectivity index (χ4v) is 5.96. The molecular formula is C36H39NO7. The highest BCUT2D eigenvalue weighted by Gasteiger charge is 2.42. The molecule has 44 heavy (non-hydrogen) atoms. The Balaban J connectivity index is 1.53. The van der Waals surface area contributed by atoms with Crippen molar-refractivity contribution in [1.29, 1.82) is 0 Å². The maximum Gasteiger partial charge on any atom is 0.336 e. The SMILES string of the molecule is CCOCCOC(=O)C1=C(C)NC2=C(C(=O)C[C@H](c3ccc(OC)c(OC)c3)C2)[C@@H]1c1ccccc1OCc1ccccc1. The van der Waals surface area contributed by atoms with Crippen molar-refractivity contribution >= 4 is 11.8 Å². The molecule has 230 valence electrons. The lowest BCUT2D eigenvalue weighted by atomic mass is 9.71. The number of ketones is 1. The third-order valence-corrected chi connectivity index (χ3v) is 8.06. The molecule has 0 radical (unpaired) electrons. The zero-order chi connectivity index (χ0) is 31.1. The molecule has 8 nitrogen and oxygen atoms in total. The van der Waals surface area contributed by atoms with Crippen molar-refractivity contribution in [1.82, 2.24) is 5.32 Å². The first-order valence-electron chi connectivity index (χ1n) is 14.9. The molecule has 0 aromatic heterocycles. The van der Waals surface area contributed by atoms with Crippen LogP contribution >= 0.6 is 0 Å². The third kappa shape index (κ3) is 6.65. The van der Waals surface area contributed by atoms with Crippen molar-refractivity contribution in [3.8, 4) is 17.2 Å². The third-order valence-electron chi connectivity index (χ3n) is 8.06. The number of rotatable bonds is 12. The average molecular weight is 598 g/mol. The minimum absolute atomic E-state index is 0.0338. The molecule has 1 aliphatic carbocycles. The van der Waals surface area contributed by atoms with Gasteiger partial charge in [0.15, 0.2) is 17.3 Å². The van der Waals surface area contributed by atoms with E-state index in [-0.39, 0.29) is 24.7 Å². The fourth-order valence-electron chi connectivity index (χ4n) is 5.96. The number of esters is 1. The molecular weight excluding hydrogens is 558 g/mol.